The van der Waals surface area contributed by atoms with Gasteiger partial charge in [0.15, 0.2) is 0 Å². The summed E-state index contributed by atoms with van der Waals surface area (Å²) in [6, 6.07) is 18.3. The van der Waals surface area contributed by atoms with Gasteiger partial charge in [0.05, 0.1) is 11.5 Å². The average molecular weight is 398 g/mol. The molecule has 1 atom stereocenters. The van der Waals surface area contributed by atoms with Crippen molar-refractivity contribution in [3.8, 4) is 0 Å². The lowest BCUT2D eigenvalue weighted by atomic mass is 10.2. The van der Waals surface area contributed by atoms with Gasteiger partial charge in [-0.3, -0.25) is 14.5 Å². The first-order valence-electron chi connectivity index (χ1n) is 9.58. The molecule has 0 bridgehead atoms. The van der Waals surface area contributed by atoms with E-state index in [9.17, 15) is 9.59 Å². The van der Waals surface area contributed by atoms with Gasteiger partial charge in [0.1, 0.15) is 0 Å². The third-order valence-electron chi connectivity index (χ3n) is 4.65. The van der Waals surface area contributed by atoms with Crippen LogP contribution < -0.4 is 10.6 Å². The number of carbonyl (C=O) groups is 2. The largest absolute Gasteiger partial charge is 0.351 e. The zero-order valence-corrected chi connectivity index (χ0v) is 17.0. The zero-order chi connectivity index (χ0) is 19.8. The molecule has 2 amide bonds. The van der Waals surface area contributed by atoms with Gasteiger partial charge in [-0.1, -0.05) is 42.5 Å². The van der Waals surface area contributed by atoms with Crippen LogP contribution >= 0.6 is 11.8 Å². The van der Waals surface area contributed by atoms with Gasteiger partial charge < -0.3 is 10.6 Å². The summed E-state index contributed by atoms with van der Waals surface area (Å²) in [5.74, 6) is 0.487. The Morgan fingerprint density at radius 2 is 1.86 bits per heavy atom. The van der Waals surface area contributed by atoms with Crippen LogP contribution in [0.3, 0.4) is 0 Å². The zero-order valence-electron chi connectivity index (χ0n) is 16.2. The number of amides is 2. The fourth-order valence-electron chi connectivity index (χ4n) is 3.36. The second kappa shape index (κ2) is 10.3. The molecule has 0 spiro atoms. The minimum atomic E-state index is -0.0849. The molecular formula is C22H27N3O2S. The van der Waals surface area contributed by atoms with Gasteiger partial charge in [0, 0.05) is 31.4 Å². The standard InChI is InChI=1S/C22H27N3O2S/c1-17-6-5-9-19(12-17)23-21(26)15-28-16-22(27)24-20-10-11-25(14-20)13-18-7-3-2-4-8-18/h2-9,12,20H,10-11,13-16H2,1H3,(H,23,26)(H,24,27). The van der Waals surface area contributed by atoms with Crippen LogP contribution in [0, 0.1) is 6.92 Å². The van der Waals surface area contributed by atoms with Crippen LogP contribution in [0.1, 0.15) is 17.5 Å². The van der Waals surface area contributed by atoms with Crippen LogP contribution in [0.4, 0.5) is 5.69 Å². The van der Waals surface area contributed by atoms with Crippen LogP contribution in [0.15, 0.2) is 54.6 Å². The summed E-state index contributed by atoms with van der Waals surface area (Å²) in [5, 5.41) is 5.95. The number of nitrogens with zero attached hydrogens (tertiary/aromatic N) is 1. The Morgan fingerprint density at radius 1 is 1.07 bits per heavy atom. The summed E-state index contributed by atoms with van der Waals surface area (Å²) in [5.41, 5.74) is 3.19. The molecule has 0 aliphatic carbocycles. The van der Waals surface area contributed by atoms with Gasteiger partial charge in [-0.2, -0.15) is 0 Å². The Labute approximate surface area is 170 Å². The second-order valence-electron chi connectivity index (χ2n) is 7.18. The minimum absolute atomic E-state index is 0.0000772. The van der Waals surface area contributed by atoms with E-state index in [4.69, 9.17) is 0 Å². The topological polar surface area (TPSA) is 61.4 Å². The van der Waals surface area contributed by atoms with Crippen molar-refractivity contribution in [1.29, 1.82) is 0 Å². The molecule has 1 saturated heterocycles. The summed E-state index contributed by atoms with van der Waals surface area (Å²) in [6.45, 7) is 4.77. The predicted octanol–water partition coefficient (Wildman–Crippen LogP) is 3.06. The number of hydrogen-bond donors (Lipinski definition) is 2. The van der Waals surface area contributed by atoms with Crippen molar-refractivity contribution in [2.75, 3.05) is 29.9 Å². The quantitative estimate of drug-likeness (QED) is 0.719. The van der Waals surface area contributed by atoms with Gasteiger partial charge in [-0.15, -0.1) is 11.8 Å². The first-order chi connectivity index (χ1) is 13.6. The number of hydrogen-bond acceptors (Lipinski definition) is 4. The number of nitrogens with one attached hydrogen (secondary N) is 2. The molecule has 28 heavy (non-hydrogen) atoms. The van der Waals surface area contributed by atoms with Gasteiger partial charge in [-0.25, -0.2) is 0 Å². The summed E-state index contributed by atoms with van der Waals surface area (Å²) in [7, 11) is 0. The van der Waals surface area contributed by atoms with E-state index >= 15 is 0 Å². The first-order valence-corrected chi connectivity index (χ1v) is 10.7. The number of aryl methyl sites for hydroxylation is 1. The van der Waals surface area contributed by atoms with Crippen LogP contribution in [-0.4, -0.2) is 47.4 Å². The van der Waals surface area contributed by atoms with Crippen molar-refractivity contribution in [2.24, 2.45) is 0 Å². The van der Waals surface area contributed by atoms with Crippen LogP contribution in [0.2, 0.25) is 0 Å². The monoisotopic (exact) mass is 397 g/mol. The molecule has 1 fully saturated rings. The molecule has 0 saturated carbocycles. The van der Waals surface area contributed by atoms with Gasteiger partial charge in [-0.05, 0) is 36.6 Å². The van der Waals surface area contributed by atoms with E-state index in [-0.39, 0.29) is 23.6 Å². The molecule has 1 unspecified atom stereocenters. The molecule has 2 N–H and O–H groups in total. The highest BCUT2D eigenvalue weighted by molar-refractivity contribution is 8.00. The van der Waals surface area contributed by atoms with Gasteiger partial charge in [0.25, 0.3) is 0 Å². The highest BCUT2D eigenvalue weighted by Crippen LogP contribution is 2.14. The lowest BCUT2D eigenvalue weighted by Gasteiger charge is -2.16. The van der Waals surface area contributed by atoms with Crippen molar-refractivity contribution >= 4 is 29.3 Å². The number of carbonyl (C=O) groups excluding carboxylic acids is 2. The third kappa shape index (κ3) is 6.69. The summed E-state index contributed by atoms with van der Waals surface area (Å²) >= 11 is 1.34. The Bertz CT molecular complexity index is 797. The van der Waals surface area contributed by atoms with Crippen molar-refractivity contribution in [1.82, 2.24) is 10.2 Å². The van der Waals surface area contributed by atoms with E-state index in [1.807, 2.05) is 37.3 Å². The molecule has 148 valence electrons. The maximum Gasteiger partial charge on any atom is 0.234 e. The number of rotatable bonds is 8. The lowest BCUT2D eigenvalue weighted by molar-refractivity contribution is -0.119. The van der Waals surface area contributed by atoms with Gasteiger partial charge >= 0.3 is 0 Å². The van der Waals surface area contributed by atoms with E-state index in [1.54, 1.807) is 0 Å². The smallest absolute Gasteiger partial charge is 0.234 e. The fraction of sp³-hybridized carbons (Fsp3) is 0.364. The SMILES string of the molecule is Cc1cccc(NC(=O)CSCC(=O)NC2CCN(Cc3ccccc3)C2)c1. The predicted molar refractivity (Wildman–Crippen MR) is 115 cm³/mol. The Balaban J connectivity index is 1.32. The van der Waals surface area contributed by atoms with Crippen molar-refractivity contribution in [3.05, 3.63) is 65.7 Å². The highest BCUT2D eigenvalue weighted by atomic mass is 32.2. The number of likely N-dealkylation sites (tertiary alicyclic amines) is 1. The summed E-state index contributed by atoms with van der Waals surface area (Å²) in [4.78, 5) is 26.5. The van der Waals surface area contributed by atoms with Crippen LogP contribution in [0.25, 0.3) is 0 Å². The Hall–Kier alpha value is -2.31. The molecule has 1 aliphatic heterocycles. The number of thioether (sulfide) groups is 1. The summed E-state index contributed by atoms with van der Waals surface area (Å²) < 4.78 is 0. The van der Waals surface area contributed by atoms with Gasteiger partial charge in [0.2, 0.25) is 11.8 Å². The highest BCUT2D eigenvalue weighted by Gasteiger charge is 2.23. The maximum atomic E-state index is 12.2. The van der Waals surface area contributed by atoms with E-state index in [0.717, 1.165) is 37.3 Å². The number of benzene rings is 2. The molecule has 2 aromatic rings. The molecule has 1 aliphatic rings. The molecule has 1 heterocycles. The van der Waals surface area contributed by atoms with E-state index in [0.29, 0.717) is 5.75 Å². The van der Waals surface area contributed by atoms with Crippen LogP contribution in [-0.2, 0) is 16.1 Å². The first kappa shape index (κ1) is 20.4. The maximum absolute atomic E-state index is 12.2. The molecule has 5 nitrogen and oxygen atoms in total. The normalized spacial score (nSPS) is 16.7. The third-order valence-corrected chi connectivity index (χ3v) is 5.59. The Morgan fingerprint density at radius 3 is 2.64 bits per heavy atom. The van der Waals surface area contributed by atoms with Crippen molar-refractivity contribution in [2.45, 2.75) is 25.9 Å². The lowest BCUT2D eigenvalue weighted by Crippen LogP contribution is -2.38. The molecule has 0 aromatic heterocycles. The minimum Gasteiger partial charge on any atom is -0.351 e. The summed E-state index contributed by atoms with van der Waals surface area (Å²) in [6.07, 6.45) is 0.969. The van der Waals surface area contributed by atoms with E-state index in [2.05, 4.69) is 39.8 Å². The second-order valence-corrected chi connectivity index (χ2v) is 8.17. The number of anilines is 1. The molecule has 6 heteroatoms. The Kier molecular flexibility index (Phi) is 7.51. The average Bonchev–Trinajstić information content (AvgIpc) is 3.09. The molecular weight excluding hydrogens is 370 g/mol. The molecule has 2 aromatic carbocycles. The van der Waals surface area contributed by atoms with E-state index < -0.39 is 0 Å². The van der Waals surface area contributed by atoms with Crippen LogP contribution in [0.5, 0.6) is 0 Å². The van der Waals surface area contributed by atoms with Crippen molar-refractivity contribution in [3.63, 3.8) is 0 Å². The molecule has 3 rings (SSSR count). The van der Waals surface area contributed by atoms with E-state index in [1.165, 1.54) is 17.3 Å². The molecule has 0 radical (unpaired) electrons. The fourth-order valence-corrected chi connectivity index (χ4v) is 3.99. The van der Waals surface area contributed by atoms with Crippen molar-refractivity contribution < 1.29 is 9.59 Å².